The molecule has 1 aromatic carbocycles. The third kappa shape index (κ3) is 3.35. The van der Waals surface area contributed by atoms with Gasteiger partial charge in [0.15, 0.2) is 0 Å². The fraction of sp³-hybridized carbons (Fsp3) is 0.667. The SMILES string of the molecule is COCC12CNCC(=O)N1CC1(CCN(Cc3ccccc3)CC1)N2CCO. The van der Waals surface area contributed by atoms with Crippen LogP contribution in [0.4, 0.5) is 0 Å². The molecule has 2 N–H and O–H groups in total. The van der Waals surface area contributed by atoms with Gasteiger partial charge in [-0.1, -0.05) is 30.3 Å². The highest BCUT2D eigenvalue weighted by Gasteiger charge is 2.61. The number of piperidine rings is 1. The van der Waals surface area contributed by atoms with Crippen LogP contribution in [0.25, 0.3) is 0 Å². The van der Waals surface area contributed by atoms with E-state index >= 15 is 0 Å². The summed E-state index contributed by atoms with van der Waals surface area (Å²) >= 11 is 0. The lowest BCUT2D eigenvalue weighted by Crippen LogP contribution is -2.70. The van der Waals surface area contributed by atoms with E-state index in [1.54, 1.807) is 7.11 Å². The Balaban J connectivity index is 1.54. The van der Waals surface area contributed by atoms with Crippen molar-refractivity contribution in [1.82, 2.24) is 20.0 Å². The molecule has 0 saturated carbocycles. The summed E-state index contributed by atoms with van der Waals surface area (Å²) in [6, 6.07) is 10.6. The summed E-state index contributed by atoms with van der Waals surface area (Å²) in [6.07, 6.45) is 1.99. The molecule has 0 aliphatic carbocycles. The molecule has 1 amide bonds. The number of aliphatic hydroxyl groups excluding tert-OH is 1. The van der Waals surface area contributed by atoms with E-state index < -0.39 is 5.66 Å². The maximum absolute atomic E-state index is 12.7. The quantitative estimate of drug-likeness (QED) is 0.721. The van der Waals surface area contributed by atoms with Crippen LogP contribution in [0.15, 0.2) is 30.3 Å². The Hall–Kier alpha value is -1.51. The van der Waals surface area contributed by atoms with E-state index in [9.17, 15) is 9.90 Å². The third-order valence-electron chi connectivity index (χ3n) is 6.75. The highest BCUT2D eigenvalue weighted by molar-refractivity contribution is 5.80. The van der Waals surface area contributed by atoms with Crippen molar-refractivity contribution in [3.63, 3.8) is 0 Å². The normalized spacial score (nSPS) is 28.1. The fourth-order valence-corrected chi connectivity index (χ4v) is 5.47. The summed E-state index contributed by atoms with van der Waals surface area (Å²) in [4.78, 5) is 19.6. The van der Waals surface area contributed by atoms with Crippen molar-refractivity contribution in [2.75, 3.05) is 59.6 Å². The molecule has 7 nitrogen and oxygen atoms in total. The van der Waals surface area contributed by atoms with Gasteiger partial charge in [-0.3, -0.25) is 14.6 Å². The lowest BCUT2D eigenvalue weighted by molar-refractivity contribution is -0.150. The summed E-state index contributed by atoms with van der Waals surface area (Å²) in [5.74, 6) is 0.134. The largest absolute Gasteiger partial charge is 0.395 e. The van der Waals surface area contributed by atoms with Crippen LogP contribution in [-0.2, 0) is 16.1 Å². The van der Waals surface area contributed by atoms with Gasteiger partial charge in [-0.05, 0) is 18.4 Å². The molecule has 0 aromatic heterocycles. The number of hydrogen-bond acceptors (Lipinski definition) is 6. The van der Waals surface area contributed by atoms with Crippen LogP contribution in [-0.4, -0.2) is 96.5 Å². The minimum atomic E-state index is -0.492. The molecule has 3 aliphatic heterocycles. The van der Waals surface area contributed by atoms with Crippen LogP contribution >= 0.6 is 0 Å². The van der Waals surface area contributed by atoms with E-state index in [-0.39, 0.29) is 18.1 Å². The van der Waals surface area contributed by atoms with Crippen LogP contribution in [0.2, 0.25) is 0 Å². The maximum Gasteiger partial charge on any atom is 0.238 e. The second-order valence-electron chi connectivity index (χ2n) is 8.36. The number of fused-ring (bicyclic) bond motifs is 1. The summed E-state index contributed by atoms with van der Waals surface area (Å²) in [6.45, 7) is 5.86. The van der Waals surface area contributed by atoms with Crippen LogP contribution in [0.5, 0.6) is 0 Å². The number of methoxy groups -OCH3 is 1. The Morgan fingerprint density at radius 1 is 1.21 bits per heavy atom. The third-order valence-corrected chi connectivity index (χ3v) is 6.75. The molecule has 28 heavy (non-hydrogen) atoms. The molecule has 154 valence electrons. The monoisotopic (exact) mass is 388 g/mol. The van der Waals surface area contributed by atoms with Gasteiger partial charge in [-0.15, -0.1) is 0 Å². The standard InChI is InChI=1S/C21H32N4O3/c1-28-17-21-15-22-13-19(27)24(21)16-20(25(21)11-12-26)7-9-23(10-8-20)14-18-5-3-2-4-6-18/h2-6,22,26H,7-17H2,1H3. The molecule has 1 atom stereocenters. The van der Waals surface area contributed by atoms with Crippen LogP contribution in [0.1, 0.15) is 18.4 Å². The first kappa shape index (κ1) is 19.8. The van der Waals surface area contributed by atoms with Crippen LogP contribution in [0, 0.1) is 0 Å². The molecule has 3 fully saturated rings. The van der Waals surface area contributed by atoms with E-state index in [1.165, 1.54) is 5.56 Å². The maximum atomic E-state index is 12.7. The first-order valence-corrected chi connectivity index (χ1v) is 10.3. The summed E-state index contributed by atoms with van der Waals surface area (Å²) < 4.78 is 5.58. The number of nitrogens with one attached hydrogen (secondary N) is 1. The van der Waals surface area contributed by atoms with Gasteiger partial charge >= 0.3 is 0 Å². The van der Waals surface area contributed by atoms with Gasteiger partial charge in [-0.2, -0.15) is 0 Å². The van der Waals surface area contributed by atoms with Crippen molar-refractivity contribution in [2.45, 2.75) is 30.6 Å². The molecular formula is C21H32N4O3. The number of amides is 1. The molecule has 0 bridgehead atoms. The van der Waals surface area contributed by atoms with E-state index in [0.717, 1.165) is 39.0 Å². The minimum Gasteiger partial charge on any atom is -0.395 e. The first-order chi connectivity index (χ1) is 13.6. The highest BCUT2D eigenvalue weighted by Crippen LogP contribution is 2.44. The van der Waals surface area contributed by atoms with Gasteiger partial charge in [0.05, 0.1) is 19.8 Å². The van der Waals surface area contributed by atoms with Crippen molar-refractivity contribution in [2.24, 2.45) is 0 Å². The molecule has 1 aromatic rings. The van der Waals surface area contributed by atoms with Gasteiger partial charge in [0.2, 0.25) is 5.91 Å². The molecule has 7 heteroatoms. The van der Waals surface area contributed by atoms with Crippen molar-refractivity contribution >= 4 is 5.91 Å². The van der Waals surface area contributed by atoms with Crippen LogP contribution in [0.3, 0.4) is 0 Å². The first-order valence-electron chi connectivity index (χ1n) is 10.3. The zero-order valence-corrected chi connectivity index (χ0v) is 16.8. The molecular weight excluding hydrogens is 356 g/mol. The Bertz CT molecular complexity index is 673. The molecule has 1 unspecified atom stereocenters. The van der Waals surface area contributed by atoms with Crippen molar-refractivity contribution < 1.29 is 14.6 Å². The lowest BCUT2D eigenvalue weighted by atomic mass is 9.85. The number of aliphatic hydroxyl groups is 1. The number of β-amino-alcohol motifs (C(OH)–C–C–N with tert-alkyl or cyclic N) is 1. The summed E-state index contributed by atoms with van der Waals surface area (Å²) in [5.41, 5.74) is 0.759. The van der Waals surface area contributed by atoms with Crippen molar-refractivity contribution in [3.05, 3.63) is 35.9 Å². The van der Waals surface area contributed by atoms with Gasteiger partial charge in [0, 0.05) is 51.9 Å². The number of hydrogen-bond donors (Lipinski definition) is 2. The molecule has 4 rings (SSSR count). The number of piperazine rings is 1. The van der Waals surface area contributed by atoms with Gasteiger partial charge < -0.3 is 20.1 Å². The predicted molar refractivity (Wildman–Crippen MR) is 107 cm³/mol. The number of benzene rings is 1. The van der Waals surface area contributed by atoms with E-state index in [4.69, 9.17) is 4.74 Å². The fourth-order valence-electron chi connectivity index (χ4n) is 5.47. The molecule has 0 radical (unpaired) electrons. The zero-order valence-electron chi connectivity index (χ0n) is 16.8. The number of likely N-dealkylation sites (tertiary alicyclic amines) is 1. The number of carbonyl (C=O) groups is 1. The molecule has 3 heterocycles. The molecule has 3 saturated heterocycles. The molecule has 1 spiro atoms. The second kappa shape index (κ2) is 8.08. The Kier molecular flexibility index (Phi) is 5.71. The summed E-state index contributed by atoms with van der Waals surface area (Å²) in [7, 11) is 1.69. The van der Waals surface area contributed by atoms with Crippen LogP contribution < -0.4 is 5.32 Å². The lowest BCUT2D eigenvalue weighted by Gasteiger charge is -2.50. The van der Waals surface area contributed by atoms with E-state index in [2.05, 4.69) is 45.4 Å². The highest BCUT2D eigenvalue weighted by atomic mass is 16.5. The van der Waals surface area contributed by atoms with E-state index in [1.807, 2.05) is 4.90 Å². The number of rotatable bonds is 6. The summed E-state index contributed by atoms with van der Waals surface area (Å²) in [5, 5.41) is 13.1. The number of ether oxygens (including phenoxy) is 1. The molecule has 3 aliphatic rings. The zero-order chi connectivity index (χ0) is 19.6. The van der Waals surface area contributed by atoms with Gasteiger partial charge in [0.1, 0.15) is 5.66 Å². The van der Waals surface area contributed by atoms with Crippen molar-refractivity contribution in [3.8, 4) is 0 Å². The van der Waals surface area contributed by atoms with Crippen molar-refractivity contribution in [1.29, 1.82) is 0 Å². The van der Waals surface area contributed by atoms with Gasteiger partial charge in [0.25, 0.3) is 0 Å². The smallest absolute Gasteiger partial charge is 0.238 e. The average Bonchev–Trinajstić information content (AvgIpc) is 2.97. The topological polar surface area (TPSA) is 68.3 Å². The second-order valence-corrected chi connectivity index (χ2v) is 8.36. The Labute approximate surface area is 167 Å². The number of carbonyl (C=O) groups excluding carboxylic acids is 1. The van der Waals surface area contributed by atoms with E-state index in [0.29, 0.717) is 26.2 Å². The Morgan fingerprint density at radius 3 is 2.64 bits per heavy atom. The average molecular weight is 389 g/mol. The predicted octanol–water partition coefficient (Wildman–Crippen LogP) is 0.104. The number of nitrogens with zero attached hydrogens (tertiary/aromatic N) is 3. The minimum absolute atomic E-state index is 0.0863. The van der Waals surface area contributed by atoms with Gasteiger partial charge in [-0.25, -0.2) is 0 Å². The Morgan fingerprint density at radius 2 is 1.96 bits per heavy atom.